The van der Waals surface area contributed by atoms with Gasteiger partial charge in [0.15, 0.2) is 0 Å². The second kappa shape index (κ2) is 3.01. The first kappa shape index (κ1) is 9.05. The summed E-state index contributed by atoms with van der Waals surface area (Å²) in [4.78, 5) is 0. The van der Waals surface area contributed by atoms with Gasteiger partial charge in [-0.05, 0) is 46.5 Å². The fraction of sp³-hybridized carbons (Fsp3) is 0.300. The van der Waals surface area contributed by atoms with E-state index in [0.29, 0.717) is 5.02 Å². The fourth-order valence-corrected chi connectivity index (χ4v) is 1.88. The molecule has 1 nitrogen and oxygen atoms in total. The molecule has 1 aromatic carbocycles. The van der Waals surface area contributed by atoms with Crippen molar-refractivity contribution in [2.24, 2.45) is 0 Å². The number of halogens is 2. The van der Waals surface area contributed by atoms with E-state index in [1.807, 2.05) is 18.2 Å². The van der Waals surface area contributed by atoms with Crippen molar-refractivity contribution >= 4 is 27.5 Å². The number of hydrogen-bond acceptors (Lipinski definition) is 1. The molecule has 0 amide bonds. The molecule has 1 aromatic rings. The van der Waals surface area contributed by atoms with Crippen LogP contribution in [0.1, 0.15) is 18.4 Å². The summed E-state index contributed by atoms with van der Waals surface area (Å²) in [6.07, 6.45) is 1.94. The van der Waals surface area contributed by atoms with Gasteiger partial charge in [-0.15, -0.1) is 0 Å². The van der Waals surface area contributed by atoms with Gasteiger partial charge in [0.2, 0.25) is 0 Å². The summed E-state index contributed by atoms with van der Waals surface area (Å²) < 4.78 is 0.869. The van der Waals surface area contributed by atoms with E-state index in [0.717, 1.165) is 22.9 Å². The zero-order chi connectivity index (χ0) is 9.47. The van der Waals surface area contributed by atoms with Crippen LogP contribution in [-0.2, 0) is 5.41 Å². The molecule has 0 spiro atoms. The number of hydrogen-bond donors (Lipinski definition) is 0. The topological polar surface area (TPSA) is 23.8 Å². The zero-order valence-electron chi connectivity index (χ0n) is 6.85. The molecule has 3 heteroatoms. The lowest BCUT2D eigenvalue weighted by Crippen LogP contribution is -2.01. The third-order valence-electron chi connectivity index (χ3n) is 2.44. The van der Waals surface area contributed by atoms with Gasteiger partial charge in [-0.1, -0.05) is 17.7 Å². The van der Waals surface area contributed by atoms with Crippen LogP contribution < -0.4 is 0 Å². The predicted octanol–water partition coefficient (Wildman–Crippen LogP) is 3.66. The molecular formula is C10H7BrClN. The molecule has 0 aromatic heterocycles. The second-order valence-electron chi connectivity index (χ2n) is 3.32. The molecular weight excluding hydrogens is 249 g/mol. The van der Waals surface area contributed by atoms with E-state index in [4.69, 9.17) is 16.9 Å². The number of benzene rings is 1. The smallest absolute Gasteiger partial charge is 0.0824 e. The van der Waals surface area contributed by atoms with Crippen molar-refractivity contribution in [2.45, 2.75) is 18.3 Å². The van der Waals surface area contributed by atoms with Gasteiger partial charge < -0.3 is 0 Å². The van der Waals surface area contributed by atoms with Gasteiger partial charge in [0, 0.05) is 4.47 Å². The summed E-state index contributed by atoms with van der Waals surface area (Å²) in [5.74, 6) is 0. The molecule has 0 bridgehead atoms. The quantitative estimate of drug-likeness (QED) is 0.752. The van der Waals surface area contributed by atoms with Crippen LogP contribution in [-0.4, -0.2) is 0 Å². The molecule has 0 atom stereocenters. The van der Waals surface area contributed by atoms with Crippen molar-refractivity contribution < 1.29 is 0 Å². The van der Waals surface area contributed by atoms with Crippen LogP contribution in [0.15, 0.2) is 22.7 Å². The van der Waals surface area contributed by atoms with Crippen molar-refractivity contribution in [1.29, 1.82) is 5.26 Å². The third-order valence-corrected chi connectivity index (χ3v) is 3.65. The third kappa shape index (κ3) is 1.47. The van der Waals surface area contributed by atoms with E-state index < -0.39 is 0 Å². The monoisotopic (exact) mass is 255 g/mol. The van der Waals surface area contributed by atoms with Crippen molar-refractivity contribution in [1.82, 2.24) is 0 Å². The van der Waals surface area contributed by atoms with E-state index in [1.165, 1.54) is 0 Å². The fourth-order valence-electron chi connectivity index (χ4n) is 1.38. The highest BCUT2D eigenvalue weighted by molar-refractivity contribution is 9.10. The predicted molar refractivity (Wildman–Crippen MR) is 55.7 cm³/mol. The average molecular weight is 257 g/mol. The van der Waals surface area contributed by atoms with Crippen molar-refractivity contribution in [2.75, 3.05) is 0 Å². The highest BCUT2D eigenvalue weighted by atomic mass is 79.9. The molecule has 0 unspecified atom stereocenters. The Labute approximate surface area is 90.4 Å². The Morgan fingerprint density at radius 1 is 1.46 bits per heavy atom. The van der Waals surface area contributed by atoms with Gasteiger partial charge in [0.05, 0.1) is 16.5 Å². The summed E-state index contributed by atoms with van der Waals surface area (Å²) in [6, 6.07) is 8.06. The highest BCUT2D eigenvalue weighted by Crippen LogP contribution is 2.48. The van der Waals surface area contributed by atoms with Gasteiger partial charge in [0.1, 0.15) is 0 Å². The molecule has 1 fully saturated rings. The second-order valence-corrected chi connectivity index (χ2v) is 4.58. The molecule has 1 saturated carbocycles. The van der Waals surface area contributed by atoms with E-state index in [9.17, 15) is 0 Å². The minimum absolute atomic E-state index is 0.215. The van der Waals surface area contributed by atoms with Crippen molar-refractivity contribution in [3.05, 3.63) is 33.3 Å². The van der Waals surface area contributed by atoms with Gasteiger partial charge in [-0.2, -0.15) is 5.26 Å². The van der Waals surface area contributed by atoms with E-state index in [-0.39, 0.29) is 5.41 Å². The van der Waals surface area contributed by atoms with Crippen LogP contribution in [0.3, 0.4) is 0 Å². The molecule has 0 saturated heterocycles. The lowest BCUT2D eigenvalue weighted by molar-refractivity contribution is 0.907. The maximum atomic E-state index is 8.97. The van der Waals surface area contributed by atoms with Crippen molar-refractivity contribution in [3.63, 3.8) is 0 Å². The summed E-state index contributed by atoms with van der Waals surface area (Å²) in [7, 11) is 0. The first-order valence-electron chi connectivity index (χ1n) is 4.05. The van der Waals surface area contributed by atoms with Crippen LogP contribution in [0, 0.1) is 11.3 Å². The maximum Gasteiger partial charge on any atom is 0.0824 e. The molecule has 13 heavy (non-hydrogen) atoms. The van der Waals surface area contributed by atoms with Gasteiger partial charge in [0.25, 0.3) is 0 Å². The summed E-state index contributed by atoms with van der Waals surface area (Å²) in [5.41, 5.74) is 0.860. The summed E-state index contributed by atoms with van der Waals surface area (Å²) in [5, 5.41) is 9.66. The van der Waals surface area contributed by atoms with Crippen LogP contribution in [0.4, 0.5) is 0 Å². The molecule has 66 valence electrons. The Morgan fingerprint density at radius 2 is 2.15 bits per heavy atom. The Kier molecular flexibility index (Phi) is 2.09. The maximum absolute atomic E-state index is 8.97. The zero-order valence-corrected chi connectivity index (χ0v) is 9.19. The van der Waals surface area contributed by atoms with Crippen LogP contribution in [0.2, 0.25) is 5.02 Å². The largest absolute Gasteiger partial charge is 0.197 e. The summed E-state index contributed by atoms with van der Waals surface area (Å²) >= 11 is 9.22. The van der Waals surface area contributed by atoms with Crippen LogP contribution in [0.5, 0.6) is 0 Å². The minimum Gasteiger partial charge on any atom is -0.197 e. The molecule has 0 radical (unpaired) electrons. The highest BCUT2D eigenvalue weighted by Gasteiger charge is 2.44. The molecule has 0 N–H and O–H groups in total. The number of nitriles is 1. The lowest BCUT2D eigenvalue weighted by Gasteiger charge is -2.06. The minimum atomic E-state index is -0.215. The Balaban J connectivity index is 2.44. The van der Waals surface area contributed by atoms with Crippen molar-refractivity contribution in [3.8, 4) is 6.07 Å². The normalized spacial score (nSPS) is 17.9. The molecule has 2 rings (SSSR count). The Bertz CT molecular complexity index is 390. The summed E-state index contributed by atoms with van der Waals surface area (Å²) in [6.45, 7) is 0. The molecule has 1 aliphatic rings. The molecule has 1 aliphatic carbocycles. The molecule has 0 heterocycles. The van der Waals surface area contributed by atoms with Gasteiger partial charge >= 0.3 is 0 Å². The Hall–Kier alpha value is -0.520. The molecule has 0 aliphatic heterocycles. The average Bonchev–Trinajstić information content (AvgIpc) is 2.90. The number of rotatable bonds is 1. The first-order chi connectivity index (χ1) is 6.18. The lowest BCUT2D eigenvalue weighted by atomic mass is 9.98. The number of nitrogens with zero attached hydrogens (tertiary/aromatic N) is 1. The van der Waals surface area contributed by atoms with Crippen LogP contribution in [0.25, 0.3) is 0 Å². The Morgan fingerprint density at radius 3 is 2.62 bits per heavy atom. The van der Waals surface area contributed by atoms with Crippen LogP contribution >= 0.6 is 27.5 Å². The first-order valence-corrected chi connectivity index (χ1v) is 5.22. The van der Waals surface area contributed by atoms with Gasteiger partial charge in [-0.3, -0.25) is 0 Å². The van der Waals surface area contributed by atoms with E-state index in [2.05, 4.69) is 22.0 Å². The van der Waals surface area contributed by atoms with E-state index >= 15 is 0 Å². The SMILES string of the molecule is N#CC1(c2ccc(Cl)c(Br)c2)CC1. The standard InChI is InChI=1S/C10H7BrClN/c11-8-5-7(1-2-9(8)12)10(6-13)3-4-10/h1-2,5H,3-4H2. The van der Waals surface area contributed by atoms with Gasteiger partial charge in [-0.25, -0.2) is 0 Å². The van der Waals surface area contributed by atoms with E-state index in [1.54, 1.807) is 0 Å².